The van der Waals surface area contributed by atoms with Crippen LogP contribution in [-0.2, 0) is 17.6 Å². The maximum absolute atomic E-state index is 13.8. The van der Waals surface area contributed by atoms with E-state index in [1.54, 1.807) is 6.07 Å². The average Bonchev–Trinajstić information content (AvgIpc) is 3.13. The number of thiazole rings is 1. The highest BCUT2D eigenvalue weighted by molar-refractivity contribution is 7.20. The van der Waals surface area contributed by atoms with Crippen LogP contribution in [0.15, 0.2) is 42.5 Å². The Hall–Kier alpha value is -2.47. The van der Waals surface area contributed by atoms with Crippen LogP contribution < -0.4 is 4.74 Å². The van der Waals surface area contributed by atoms with E-state index in [1.807, 2.05) is 23.1 Å². The van der Waals surface area contributed by atoms with E-state index in [0.29, 0.717) is 30.2 Å². The lowest BCUT2D eigenvalue weighted by Crippen LogP contribution is -2.42. The Morgan fingerprint density at radius 1 is 1.18 bits per heavy atom. The van der Waals surface area contributed by atoms with Crippen LogP contribution in [0, 0.1) is 5.82 Å². The molecular formula is C22H23FN2O2S. The number of nitrogens with zero attached hydrogens (tertiary/aromatic N) is 2. The molecular weight excluding hydrogens is 375 g/mol. The fraction of sp³-hybridized carbons (Fsp3) is 0.364. The number of amides is 1. The lowest BCUT2D eigenvalue weighted by atomic mass is 10.0. The van der Waals surface area contributed by atoms with Crippen molar-refractivity contribution in [2.75, 3.05) is 13.1 Å². The second-order valence-electron chi connectivity index (χ2n) is 7.11. The van der Waals surface area contributed by atoms with E-state index in [9.17, 15) is 9.18 Å². The van der Waals surface area contributed by atoms with Crippen LogP contribution in [0.5, 0.6) is 5.19 Å². The van der Waals surface area contributed by atoms with Crippen LogP contribution in [0.3, 0.4) is 0 Å². The molecule has 1 fully saturated rings. The number of carbonyl (C=O) groups is 1. The molecule has 2 aromatic carbocycles. The van der Waals surface area contributed by atoms with Crippen LogP contribution in [0.2, 0.25) is 0 Å². The van der Waals surface area contributed by atoms with E-state index in [2.05, 4.69) is 24.0 Å². The summed E-state index contributed by atoms with van der Waals surface area (Å²) in [6.07, 6.45) is 2.98. The largest absolute Gasteiger partial charge is 0.467 e. The van der Waals surface area contributed by atoms with E-state index in [0.717, 1.165) is 29.5 Å². The number of fused-ring (bicyclic) bond motifs is 1. The summed E-state index contributed by atoms with van der Waals surface area (Å²) in [5.74, 6) is -0.166. The molecule has 1 saturated heterocycles. The lowest BCUT2D eigenvalue weighted by Gasteiger charge is -2.31. The number of aromatic nitrogens is 1. The Labute approximate surface area is 168 Å². The molecule has 0 bridgehead atoms. The molecule has 1 amide bonds. The number of rotatable bonds is 5. The number of aryl methyl sites for hydroxylation is 1. The van der Waals surface area contributed by atoms with Crippen molar-refractivity contribution < 1.29 is 13.9 Å². The summed E-state index contributed by atoms with van der Waals surface area (Å²) in [6.45, 7) is 3.48. The van der Waals surface area contributed by atoms with Gasteiger partial charge in [-0.3, -0.25) is 4.79 Å². The van der Waals surface area contributed by atoms with Gasteiger partial charge in [-0.15, -0.1) is 0 Å². The minimum Gasteiger partial charge on any atom is -0.467 e. The Morgan fingerprint density at radius 2 is 1.89 bits per heavy atom. The van der Waals surface area contributed by atoms with E-state index >= 15 is 0 Å². The predicted molar refractivity (Wildman–Crippen MR) is 109 cm³/mol. The highest BCUT2D eigenvalue weighted by Gasteiger charge is 2.25. The molecule has 0 atom stereocenters. The lowest BCUT2D eigenvalue weighted by molar-refractivity contribution is -0.132. The van der Waals surface area contributed by atoms with Gasteiger partial charge in [0, 0.05) is 25.9 Å². The average molecular weight is 399 g/mol. The Bertz CT molecular complexity index is 962. The Kier molecular flexibility index (Phi) is 5.57. The van der Waals surface area contributed by atoms with Gasteiger partial charge < -0.3 is 9.64 Å². The van der Waals surface area contributed by atoms with Gasteiger partial charge >= 0.3 is 0 Å². The number of hydrogen-bond acceptors (Lipinski definition) is 4. The van der Waals surface area contributed by atoms with Crippen molar-refractivity contribution in [2.24, 2.45) is 0 Å². The van der Waals surface area contributed by atoms with Crippen molar-refractivity contribution in [1.29, 1.82) is 0 Å². The van der Waals surface area contributed by atoms with Crippen molar-refractivity contribution >= 4 is 27.5 Å². The normalized spacial score (nSPS) is 15.1. The van der Waals surface area contributed by atoms with Crippen LogP contribution in [0.25, 0.3) is 10.2 Å². The van der Waals surface area contributed by atoms with Crippen molar-refractivity contribution in [2.45, 2.75) is 38.7 Å². The van der Waals surface area contributed by atoms with E-state index < -0.39 is 0 Å². The van der Waals surface area contributed by atoms with Gasteiger partial charge in [-0.1, -0.05) is 48.6 Å². The number of likely N-dealkylation sites (tertiary alicyclic amines) is 1. The molecule has 0 radical (unpaired) electrons. The summed E-state index contributed by atoms with van der Waals surface area (Å²) in [5.41, 5.74) is 2.70. The fourth-order valence-corrected chi connectivity index (χ4v) is 4.39. The molecule has 28 heavy (non-hydrogen) atoms. The molecule has 146 valence electrons. The highest BCUT2D eigenvalue weighted by atomic mass is 32.1. The van der Waals surface area contributed by atoms with E-state index in [-0.39, 0.29) is 17.8 Å². The zero-order valence-electron chi connectivity index (χ0n) is 15.9. The van der Waals surface area contributed by atoms with Gasteiger partial charge in [0.05, 0.1) is 11.1 Å². The third-order valence-electron chi connectivity index (χ3n) is 5.20. The first-order valence-electron chi connectivity index (χ1n) is 9.69. The van der Waals surface area contributed by atoms with Crippen molar-refractivity contribution in [3.05, 3.63) is 59.4 Å². The van der Waals surface area contributed by atoms with Crippen molar-refractivity contribution in [3.8, 4) is 5.19 Å². The summed E-state index contributed by atoms with van der Waals surface area (Å²) in [7, 11) is 0. The molecule has 0 N–H and O–H groups in total. The van der Waals surface area contributed by atoms with Gasteiger partial charge in [-0.25, -0.2) is 4.39 Å². The van der Waals surface area contributed by atoms with E-state index in [4.69, 9.17) is 4.74 Å². The summed E-state index contributed by atoms with van der Waals surface area (Å²) >= 11 is 1.36. The van der Waals surface area contributed by atoms with Crippen LogP contribution >= 0.6 is 11.3 Å². The van der Waals surface area contributed by atoms with Gasteiger partial charge in [-0.05, 0) is 29.7 Å². The number of ether oxygens (including phenoxy) is 1. The monoisotopic (exact) mass is 398 g/mol. The molecule has 0 saturated carbocycles. The van der Waals surface area contributed by atoms with Crippen LogP contribution in [-0.4, -0.2) is 35.0 Å². The summed E-state index contributed by atoms with van der Waals surface area (Å²) in [5, 5.41) is 0.501. The standard InChI is InChI=1S/C22H23FN2O2S/c1-2-15-6-8-16(9-7-15)14-20(26)25-12-10-17(11-13-25)27-22-24-21-18(23)4-3-5-19(21)28-22/h3-9,17H,2,10-14H2,1H3. The fourth-order valence-electron chi connectivity index (χ4n) is 3.49. The summed E-state index contributed by atoms with van der Waals surface area (Å²) in [6, 6.07) is 13.2. The van der Waals surface area contributed by atoms with Gasteiger partial charge in [0.1, 0.15) is 17.4 Å². The summed E-state index contributed by atoms with van der Waals surface area (Å²) in [4.78, 5) is 18.8. The molecule has 0 spiro atoms. The molecule has 1 aliphatic heterocycles. The van der Waals surface area contributed by atoms with Crippen molar-refractivity contribution in [1.82, 2.24) is 9.88 Å². The van der Waals surface area contributed by atoms with E-state index in [1.165, 1.54) is 23.0 Å². The Balaban J connectivity index is 1.30. The number of benzene rings is 2. The molecule has 1 aromatic heterocycles. The smallest absolute Gasteiger partial charge is 0.274 e. The zero-order chi connectivity index (χ0) is 19.5. The topological polar surface area (TPSA) is 42.4 Å². The molecule has 6 heteroatoms. The maximum atomic E-state index is 13.8. The molecule has 3 aromatic rings. The minimum atomic E-state index is -0.323. The minimum absolute atomic E-state index is 0.0107. The number of carbonyl (C=O) groups excluding carboxylic acids is 1. The van der Waals surface area contributed by atoms with Gasteiger partial charge in [0.15, 0.2) is 0 Å². The summed E-state index contributed by atoms with van der Waals surface area (Å²) < 4.78 is 20.5. The number of piperidine rings is 1. The molecule has 1 aliphatic rings. The maximum Gasteiger partial charge on any atom is 0.274 e. The van der Waals surface area contributed by atoms with Crippen molar-refractivity contribution in [3.63, 3.8) is 0 Å². The highest BCUT2D eigenvalue weighted by Crippen LogP contribution is 2.31. The Morgan fingerprint density at radius 3 is 2.57 bits per heavy atom. The van der Waals surface area contributed by atoms with Gasteiger partial charge in [0.2, 0.25) is 5.91 Å². The zero-order valence-corrected chi connectivity index (χ0v) is 16.7. The first-order valence-corrected chi connectivity index (χ1v) is 10.5. The molecule has 2 heterocycles. The second kappa shape index (κ2) is 8.27. The number of halogens is 1. The van der Waals surface area contributed by atoms with Gasteiger partial charge in [0.25, 0.3) is 5.19 Å². The number of hydrogen-bond donors (Lipinski definition) is 0. The van der Waals surface area contributed by atoms with Gasteiger partial charge in [-0.2, -0.15) is 4.98 Å². The first kappa shape index (κ1) is 18.9. The SMILES string of the molecule is CCc1ccc(CC(=O)N2CCC(Oc3nc4c(F)cccc4s3)CC2)cc1. The molecule has 0 unspecified atom stereocenters. The molecule has 0 aliphatic carbocycles. The molecule has 4 nitrogen and oxygen atoms in total. The quantitative estimate of drug-likeness (QED) is 0.630. The number of para-hydroxylation sites is 1. The van der Waals surface area contributed by atoms with Crippen LogP contribution in [0.4, 0.5) is 4.39 Å². The third kappa shape index (κ3) is 4.17. The third-order valence-corrected chi connectivity index (χ3v) is 6.11. The first-order chi connectivity index (χ1) is 13.6. The predicted octanol–water partition coefficient (Wildman–Crippen LogP) is 4.61. The molecule has 4 rings (SSSR count). The second-order valence-corrected chi connectivity index (χ2v) is 8.10. The van der Waals surface area contributed by atoms with Crippen LogP contribution in [0.1, 0.15) is 30.9 Å².